The van der Waals surface area contributed by atoms with Crippen molar-refractivity contribution in [3.05, 3.63) is 17.0 Å². The second kappa shape index (κ2) is 7.03. The molecular formula is C13H20ClN3O2. The van der Waals surface area contributed by atoms with E-state index in [-0.39, 0.29) is 6.10 Å². The van der Waals surface area contributed by atoms with Crippen molar-refractivity contribution < 1.29 is 9.47 Å². The van der Waals surface area contributed by atoms with Gasteiger partial charge in [0.15, 0.2) is 5.82 Å². The van der Waals surface area contributed by atoms with Crippen LogP contribution in [0.15, 0.2) is 6.07 Å². The lowest BCUT2D eigenvalue weighted by Crippen LogP contribution is -2.32. The maximum atomic E-state index is 6.05. The molecule has 2 heterocycles. The molecule has 1 aromatic heterocycles. The van der Waals surface area contributed by atoms with Gasteiger partial charge in [0.1, 0.15) is 17.6 Å². The van der Waals surface area contributed by atoms with Gasteiger partial charge in [0.05, 0.1) is 6.10 Å². The van der Waals surface area contributed by atoms with Crippen LogP contribution in [0.3, 0.4) is 0 Å². The Morgan fingerprint density at radius 2 is 2.37 bits per heavy atom. The van der Waals surface area contributed by atoms with Crippen LogP contribution in [0.25, 0.3) is 0 Å². The van der Waals surface area contributed by atoms with E-state index in [2.05, 4.69) is 21.8 Å². The van der Waals surface area contributed by atoms with E-state index in [0.717, 1.165) is 38.4 Å². The summed E-state index contributed by atoms with van der Waals surface area (Å²) in [6, 6.07) is 1.80. The van der Waals surface area contributed by atoms with E-state index in [1.54, 1.807) is 13.2 Å². The normalized spacial score (nSPS) is 20.4. The highest BCUT2D eigenvalue weighted by Gasteiger charge is 2.19. The topological polar surface area (TPSA) is 47.5 Å². The highest BCUT2D eigenvalue weighted by atomic mass is 35.5. The summed E-state index contributed by atoms with van der Waals surface area (Å²) < 4.78 is 10.8. The van der Waals surface area contributed by atoms with Crippen LogP contribution in [0.1, 0.15) is 25.6 Å². The second-order valence-electron chi connectivity index (χ2n) is 4.60. The van der Waals surface area contributed by atoms with Crippen molar-refractivity contribution >= 4 is 17.4 Å². The molecule has 0 aliphatic carbocycles. The third-order valence-corrected chi connectivity index (χ3v) is 3.32. The van der Waals surface area contributed by atoms with Gasteiger partial charge >= 0.3 is 0 Å². The highest BCUT2D eigenvalue weighted by Crippen LogP contribution is 2.20. The molecule has 0 saturated carbocycles. The quantitative estimate of drug-likeness (QED) is 0.794. The molecule has 1 fully saturated rings. The maximum absolute atomic E-state index is 6.05. The van der Waals surface area contributed by atoms with Gasteiger partial charge in [-0.2, -0.15) is 0 Å². The van der Waals surface area contributed by atoms with Crippen molar-refractivity contribution in [2.75, 3.05) is 31.7 Å². The highest BCUT2D eigenvalue weighted by molar-refractivity contribution is 6.29. The fourth-order valence-corrected chi connectivity index (χ4v) is 2.35. The Kier molecular flexibility index (Phi) is 5.36. The van der Waals surface area contributed by atoms with Crippen molar-refractivity contribution in [1.82, 2.24) is 9.97 Å². The van der Waals surface area contributed by atoms with E-state index in [1.807, 2.05) is 0 Å². The van der Waals surface area contributed by atoms with Crippen LogP contribution in [-0.4, -0.2) is 42.9 Å². The maximum Gasteiger partial charge on any atom is 0.158 e. The first kappa shape index (κ1) is 14.5. The van der Waals surface area contributed by atoms with Crippen molar-refractivity contribution in [2.45, 2.75) is 32.5 Å². The standard InChI is InChI=1S/C13H20ClN3O2/c1-3-10-8-17(5-4-6-19-10)13-7-11(14)15-12(16-13)9-18-2/h7,10H,3-6,8-9H2,1-2H3. The first-order valence-electron chi connectivity index (χ1n) is 6.62. The minimum Gasteiger partial charge on any atom is -0.377 e. The minimum absolute atomic E-state index is 0.252. The number of rotatable bonds is 4. The Morgan fingerprint density at radius 1 is 1.53 bits per heavy atom. The monoisotopic (exact) mass is 285 g/mol. The number of nitrogens with zero attached hydrogens (tertiary/aromatic N) is 3. The zero-order valence-electron chi connectivity index (χ0n) is 11.4. The van der Waals surface area contributed by atoms with Crippen molar-refractivity contribution in [2.24, 2.45) is 0 Å². The molecule has 0 N–H and O–H groups in total. The first-order chi connectivity index (χ1) is 9.22. The van der Waals surface area contributed by atoms with Crippen molar-refractivity contribution in [3.8, 4) is 0 Å². The lowest BCUT2D eigenvalue weighted by Gasteiger charge is -2.24. The summed E-state index contributed by atoms with van der Waals surface area (Å²) in [5.41, 5.74) is 0. The third-order valence-electron chi connectivity index (χ3n) is 3.13. The van der Waals surface area contributed by atoms with Gasteiger partial charge in [-0.25, -0.2) is 9.97 Å². The van der Waals surface area contributed by atoms with Gasteiger partial charge in [0.25, 0.3) is 0 Å². The molecule has 1 unspecified atom stereocenters. The molecule has 19 heavy (non-hydrogen) atoms. The van der Waals surface area contributed by atoms with Crippen LogP contribution in [0.5, 0.6) is 0 Å². The van der Waals surface area contributed by atoms with Gasteiger partial charge in [-0.3, -0.25) is 0 Å². The van der Waals surface area contributed by atoms with Crippen molar-refractivity contribution in [3.63, 3.8) is 0 Å². The summed E-state index contributed by atoms with van der Waals surface area (Å²) in [7, 11) is 1.62. The average molecular weight is 286 g/mol. The summed E-state index contributed by atoms with van der Waals surface area (Å²) in [5.74, 6) is 1.47. The zero-order chi connectivity index (χ0) is 13.7. The van der Waals surface area contributed by atoms with Crippen LogP contribution < -0.4 is 4.90 Å². The largest absolute Gasteiger partial charge is 0.377 e. The van der Waals surface area contributed by atoms with E-state index in [4.69, 9.17) is 21.1 Å². The molecule has 5 nitrogen and oxygen atoms in total. The molecule has 0 radical (unpaired) electrons. The zero-order valence-corrected chi connectivity index (χ0v) is 12.2. The number of aromatic nitrogens is 2. The molecule has 0 amide bonds. The Morgan fingerprint density at radius 3 is 3.11 bits per heavy atom. The fraction of sp³-hybridized carbons (Fsp3) is 0.692. The van der Waals surface area contributed by atoms with Crippen LogP contribution in [0.4, 0.5) is 5.82 Å². The summed E-state index contributed by atoms with van der Waals surface area (Å²) in [4.78, 5) is 10.9. The van der Waals surface area contributed by atoms with E-state index >= 15 is 0 Å². The Hall–Kier alpha value is -0.910. The number of anilines is 1. The van der Waals surface area contributed by atoms with Gasteiger partial charge in [0.2, 0.25) is 0 Å². The Labute approximate surface area is 118 Å². The van der Waals surface area contributed by atoms with Crippen LogP contribution in [0.2, 0.25) is 5.15 Å². The Balaban J connectivity index is 2.18. The number of hydrogen-bond acceptors (Lipinski definition) is 5. The van der Waals surface area contributed by atoms with Crippen LogP contribution >= 0.6 is 11.6 Å². The van der Waals surface area contributed by atoms with Gasteiger partial charge in [-0.1, -0.05) is 18.5 Å². The summed E-state index contributed by atoms with van der Waals surface area (Å²) in [6.07, 6.45) is 2.25. The average Bonchev–Trinajstić information content (AvgIpc) is 2.63. The Bertz CT molecular complexity index is 417. The molecule has 1 atom stereocenters. The molecule has 1 aliphatic rings. The number of hydrogen-bond donors (Lipinski definition) is 0. The van der Waals surface area contributed by atoms with Gasteiger partial charge in [-0.15, -0.1) is 0 Å². The summed E-state index contributed by atoms with van der Waals surface area (Å²) in [5, 5.41) is 0.454. The molecule has 106 valence electrons. The van der Waals surface area contributed by atoms with Crippen LogP contribution in [-0.2, 0) is 16.1 Å². The molecular weight excluding hydrogens is 266 g/mol. The number of ether oxygens (including phenoxy) is 2. The van der Waals surface area contributed by atoms with Gasteiger partial charge in [0, 0.05) is 32.9 Å². The predicted molar refractivity (Wildman–Crippen MR) is 74.6 cm³/mol. The van der Waals surface area contributed by atoms with E-state index in [9.17, 15) is 0 Å². The second-order valence-corrected chi connectivity index (χ2v) is 4.99. The SMILES string of the molecule is CCC1CN(c2cc(Cl)nc(COC)n2)CCCO1. The smallest absolute Gasteiger partial charge is 0.158 e. The van der Waals surface area contributed by atoms with Crippen molar-refractivity contribution in [1.29, 1.82) is 0 Å². The van der Waals surface area contributed by atoms with E-state index in [0.29, 0.717) is 17.6 Å². The molecule has 0 aromatic carbocycles. The van der Waals surface area contributed by atoms with Gasteiger partial charge in [-0.05, 0) is 12.8 Å². The molecule has 1 aliphatic heterocycles. The molecule has 1 saturated heterocycles. The number of halogens is 1. The first-order valence-corrected chi connectivity index (χ1v) is 6.99. The lowest BCUT2D eigenvalue weighted by atomic mass is 10.2. The van der Waals surface area contributed by atoms with Gasteiger partial charge < -0.3 is 14.4 Å². The van der Waals surface area contributed by atoms with Crippen LogP contribution in [0, 0.1) is 0 Å². The molecule has 0 bridgehead atoms. The number of methoxy groups -OCH3 is 1. The molecule has 1 aromatic rings. The van der Waals surface area contributed by atoms with E-state index < -0.39 is 0 Å². The predicted octanol–water partition coefficient (Wildman–Crippen LogP) is 2.28. The third kappa shape index (κ3) is 4.03. The van der Waals surface area contributed by atoms with E-state index in [1.165, 1.54) is 0 Å². The fourth-order valence-electron chi connectivity index (χ4n) is 2.16. The minimum atomic E-state index is 0.252. The lowest BCUT2D eigenvalue weighted by molar-refractivity contribution is 0.0664. The molecule has 6 heteroatoms. The molecule has 0 spiro atoms. The summed E-state index contributed by atoms with van der Waals surface area (Å²) >= 11 is 6.05. The summed E-state index contributed by atoms with van der Waals surface area (Å²) in [6.45, 7) is 5.08. The molecule has 2 rings (SSSR count).